The molecule has 0 saturated carbocycles. The molecule has 0 spiro atoms. The third-order valence-corrected chi connectivity index (χ3v) is 12.8. The Morgan fingerprint density at radius 2 is 1.26 bits per heavy atom. The van der Waals surface area contributed by atoms with Gasteiger partial charge in [-0.15, -0.1) is 0 Å². The highest BCUT2D eigenvalue weighted by atomic mass is 35.5. The molecule has 0 radical (unpaired) electrons. The van der Waals surface area contributed by atoms with Gasteiger partial charge in [0.25, 0.3) is 0 Å². The van der Waals surface area contributed by atoms with Gasteiger partial charge < -0.3 is 0 Å². The summed E-state index contributed by atoms with van der Waals surface area (Å²) in [6.07, 6.45) is 0.0157. The van der Waals surface area contributed by atoms with E-state index in [9.17, 15) is 21.6 Å². The lowest BCUT2D eigenvalue weighted by Gasteiger charge is -2.51. The number of ketones is 1. The number of carbonyl (C=O) groups excluding carboxylic acids is 1. The molecule has 0 bridgehead atoms. The Hall–Kier alpha value is -3.34. The first kappa shape index (κ1) is 29.7. The maximum Gasteiger partial charge on any atom is 0.245 e. The van der Waals surface area contributed by atoms with Gasteiger partial charge in [0.1, 0.15) is 10.7 Å². The lowest BCUT2D eigenvalue weighted by molar-refractivity contribution is -0.132. The number of Topliss-reactive ketones (excluding diaryl/α,β-unsaturated/α-hetero) is 1. The summed E-state index contributed by atoms with van der Waals surface area (Å²) in [4.78, 5) is 14.0. The summed E-state index contributed by atoms with van der Waals surface area (Å²) in [5.74, 6) is -1.03. The van der Waals surface area contributed by atoms with Crippen molar-refractivity contribution < 1.29 is 21.6 Å². The van der Waals surface area contributed by atoms with E-state index in [0.29, 0.717) is 5.56 Å². The number of hydrogen-bond acceptors (Lipinski definition) is 5. The number of halogens is 1. The SMILES string of the molecule is Cc1ccc(S(=O)(=O)N2C[C@H]3C(=O)CC(c4ccccc4)N(S(=O)(=O)c4ccccc4Cl)[C@H]3CC2c2ccccc2)cc1. The van der Waals surface area contributed by atoms with Crippen molar-refractivity contribution >= 4 is 37.4 Å². The first-order valence-electron chi connectivity index (χ1n) is 14.1. The maximum atomic E-state index is 14.5. The number of sulfonamides is 2. The van der Waals surface area contributed by atoms with Crippen LogP contribution in [0.1, 0.15) is 41.6 Å². The minimum absolute atomic E-state index is 0.0448. The topological polar surface area (TPSA) is 91.8 Å². The van der Waals surface area contributed by atoms with Crippen molar-refractivity contribution in [1.29, 1.82) is 0 Å². The van der Waals surface area contributed by atoms with Gasteiger partial charge in [0.15, 0.2) is 0 Å². The summed E-state index contributed by atoms with van der Waals surface area (Å²) >= 11 is 6.45. The molecule has 10 heteroatoms. The fourth-order valence-corrected chi connectivity index (χ4v) is 10.3. The average molecular weight is 635 g/mol. The molecule has 43 heavy (non-hydrogen) atoms. The van der Waals surface area contributed by atoms with E-state index in [4.69, 9.17) is 11.6 Å². The molecule has 7 nitrogen and oxygen atoms in total. The number of hydrogen-bond donors (Lipinski definition) is 0. The van der Waals surface area contributed by atoms with E-state index in [1.165, 1.54) is 20.7 Å². The summed E-state index contributed by atoms with van der Waals surface area (Å²) < 4.78 is 60.2. The van der Waals surface area contributed by atoms with E-state index in [2.05, 4.69) is 0 Å². The average Bonchev–Trinajstić information content (AvgIpc) is 3.01. The molecule has 2 heterocycles. The third kappa shape index (κ3) is 5.45. The smallest absolute Gasteiger partial charge is 0.245 e. The van der Waals surface area contributed by atoms with Crippen LogP contribution in [0.3, 0.4) is 0 Å². The van der Waals surface area contributed by atoms with Gasteiger partial charge in [-0.25, -0.2) is 16.8 Å². The van der Waals surface area contributed by atoms with Gasteiger partial charge in [0.05, 0.1) is 22.0 Å². The van der Waals surface area contributed by atoms with Crippen LogP contribution in [0.5, 0.6) is 0 Å². The molecule has 0 amide bonds. The summed E-state index contributed by atoms with van der Waals surface area (Å²) in [5, 5.41) is 0.0850. The third-order valence-electron chi connectivity index (χ3n) is 8.48. The number of rotatable bonds is 6. The van der Waals surface area contributed by atoms with E-state index >= 15 is 0 Å². The first-order chi connectivity index (χ1) is 20.6. The molecule has 6 rings (SSSR count). The molecule has 4 atom stereocenters. The lowest BCUT2D eigenvalue weighted by atomic mass is 9.77. The lowest BCUT2D eigenvalue weighted by Crippen LogP contribution is -2.60. The minimum atomic E-state index is -4.22. The quantitative estimate of drug-likeness (QED) is 0.253. The molecule has 0 aromatic heterocycles. The standard InChI is InChI=1S/C33H31ClN2O5S2/c1-23-16-18-26(19-17-23)42(38,39)35-22-27-31(20-29(35)24-10-4-2-5-11-24)36(43(40,41)33-15-9-8-14-28(33)34)30(21-32(27)37)25-12-6-3-7-13-25/h2-19,27,29-31H,20-22H2,1H3/t27-,29?,30?,31+/m1/s1. The van der Waals surface area contributed by atoms with Crippen LogP contribution in [0.4, 0.5) is 0 Å². The van der Waals surface area contributed by atoms with E-state index < -0.39 is 44.1 Å². The highest BCUT2D eigenvalue weighted by Gasteiger charge is 2.54. The van der Waals surface area contributed by atoms with Crippen molar-refractivity contribution in [2.24, 2.45) is 5.92 Å². The fourth-order valence-electron chi connectivity index (χ4n) is 6.36. The van der Waals surface area contributed by atoms with Gasteiger partial charge in [-0.1, -0.05) is 102 Å². The summed E-state index contributed by atoms with van der Waals surface area (Å²) in [5.41, 5.74) is 2.34. The van der Waals surface area contributed by atoms with Crippen LogP contribution >= 0.6 is 11.6 Å². The van der Waals surface area contributed by atoms with Gasteiger partial charge in [-0.3, -0.25) is 4.79 Å². The Morgan fingerprint density at radius 1 is 0.698 bits per heavy atom. The van der Waals surface area contributed by atoms with Crippen molar-refractivity contribution in [2.45, 2.75) is 47.7 Å². The number of benzene rings is 4. The summed E-state index contributed by atoms with van der Waals surface area (Å²) in [7, 11) is -8.25. The summed E-state index contributed by atoms with van der Waals surface area (Å²) in [6.45, 7) is 1.74. The number of fused-ring (bicyclic) bond motifs is 1. The first-order valence-corrected chi connectivity index (χ1v) is 17.3. The maximum absolute atomic E-state index is 14.5. The van der Waals surface area contributed by atoms with Crippen molar-refractivity contribution in [3.8, 4) is 0 Å². The van der Waals surface area contributed by atoms with Gasteiger partial charge in [0.2, 0.25) is 20.0 Å². The Kier molecular flexibility index (Phi) is 8.04. The Labute approximate surface area is 257 Å². The van der Waals surface area contributed by atoms with Gasteiger partial charge in [-0.05, 0) is 48.7 Å². The van der Waals surface area contributed by atoms with E-state index in [1.807, 2.05) is 67.6 Å². The van der Waals surface area contributed by atoms with Crippen LogP contribution in [-0.2, 0) is 24.8 Å². The summed E-state index contributed by atoms with van der Waals surface area (Å²) in [6, 6.07) is 28.9. The van der Waals surface area contributed by atoms with E-state index in [1.54, 1.807) is 36.4 Å². The molecular weight excluding hydrogens is 604 g/mol. The van der Waals surface area contributed by atoms with Crippen LogP contribution in [0.2, 0.25) is 5.02 Å². The number of nitrogens with zero attached hydrogens (tertiary/aromatic N) is 2. The Balaban J connectivity index is 1.51. The molecule has 4 aromatic carbocycles. The van der Waals surface area contributed by atoms with Crippen molar-refractivity contribution in [3.63, 3.8) is 0 Å². The Morgan fingerprint density at radius 3 is 1.86 bits per heavy atom. The largest absolute Gasteiger partial charge is 0.299 e. The van der Waals surface area contributed by atoms with Gasteiger partial charge in [0, 0.05) is 24.9 Å². The van der Waals surface area contributed by atoms with Crippen LogP contribution in [0, 0.1) is 12.8 Å². The van der Waals surface area contributed by atoms with Crippen molar-refractivity contribution in [1.82, 2.24) is 8.61 Å². The predicted octanol–water partition coefficient (Wildman–Crippen LogP) is 6.17. The molecule has 222 valence electrons. The van der Waals surface area contributed by atoms with Gasteiger partial charge >= 0.3 is 0 Å². The highest BCUT2D eigenvalue weighted by molar-refractivity contribution is 7.89. The second-order valence-corrected chi connectivity index (χ2v) is 15.2. The van der Waals surface area contributed by atoms with E-state index in [0.717, 1.165) is 11.1 Å². The van der Waals surface area contributed by atoms with Crippen LogP contribution in [0.15, 0.2) is 119 Å². The molecule has 2 aliphatic rings. The van der Waals surface area contributed by atoms with Crippen LogP contribution in [-0.4, -0.2) is 43.8 Å². The Bertz CT molecular complexity index is 1850. The van der Waals surface area contributed by atoms with E-state index in [-0.39, 0.29) is 40.0 Å². The zero-order valence-electron chi connectivity index (χ0n) is 23.5. The highest BCUT2D eigenvalue weighted by Crippen LogP contribution is 2.48. The predicted molar refractivity (Wildman–Crippen MR) is 165 cm³/mol. The van der Waals surface area contributed by atoms with Crippen LogP contribution in [0.25, 0.3) is 0 Å². The monoisotopic (exact) mass is 634 g/mol. The fraction of sp³-hybridized carbons (Fsp3) is 0.242. The van der Waals surface area contributed by atoms with Crippen molar-refractivity contribution in [3.05, 3.63) is 131 Å². The van der Waals surface area contributed by atoms with Crippen molar-refractivity contribution in [2.75, 3.05) is 6.54 Å². The zero-order valence-corrected chi connectivity index (χ0v) is 25.8. The second-order valence-electron chi connectivity index (χ2n) is 11.1. The number of carbonyl (C=O) groups is 1. The number of piperidine rings is 2. The van der Waals surface area contributed by atoms with Gasteiger partial charge in [-0.2, -0.15) is 8.61 Å². The zero-order chi connectivity index (χ0) is 30.4. The minimum Gasteiger partial charge on any atom is -0.299 e. The molecule has 2 saturated heterocycles. The molecular formula is C33H31ClN2O5S2. The van der Waals surface area contributed by atoms with Crippen LogP contribution < -0.4 is 0 Å². The number of aryl methyl sites for hydroxylation is 1. The molecule has 4 aromatic rings. The molecule has 2 aliphatic heterocycles. The second kappa shape index (κ2) is 11.6. The molecule has 2 fully saturated rings. The normalized spacial score (nSPS) is 23.5. The molecule has 0 aliphatic carbocycles. The molecule has 0 N–H and O–H groups in total. The molecule has 2 unspecified atom stereocenters.